The Kier molecular flexibility index (Phi) is 8.77. The van der Waals surface area contributed by atoms with Crippen LogP contribution in [-0.4, -0.2) is 40.8 Å². The van der Waals surface area contributed by atoms with Gasteiger partial charge in [0.05, 0.1) is 5.41 Å². The van der Waals surface area contributed by atoms with Crippen LogP contribution in [0.5, 0.6) is 0 Å². The molecule has 0 saturated carbocycles. The van der Waals surface area contributed by atoms with Gasteiger partial charge in [0.15, 0.2) is 8.38 Å². The Morgan fingerprint density at radius 2 is 1.77 bits per heavy atom. The van der Waals surface area contributed by atoms with Gasteiger partial charge in [0, 0.05) is 30.6 Å². The number of nitrogens with one attached hydrogen (secondary N) is 1. The highest BCUT2D eigenvalue weighted by Gasteiger charge is 2.26. The van der Waals surface area contributed by atoms with Gasteiger partial charge in [0.1, 0.15) is 0 Å². The van der Waals surface area contributed by atoms with Crippen molar-refractivity contribution in [3.8, 4) is 0 Å². The first-order chi connectivity index (χ1) is 12.0. The Morgan fingerprint density at radius 1 is 1.19 bits per heavy atom. The van der Waals surface area contributed by atoms with Gasteiger partial charge in [0.25, 0.3) is 0 Å². The largest absolute Gasteiger partial charge is 0.425 e. The van der Waals surface area contributed by atoms with Gasteiger partial charge in [-0.05, 0) is 38.5 Å². The Balaban J connectivity index is 2.58. The lowest BCUT2D eigenvalue weighted by Gasteiger charge is -2.22. The van der Waals surface area contributed by atoms with Gasteiger partial charge in [-0.3, -0.25) is 4.79 Å². The molecule has 146 valence electrons. The van der Waals surface area contributed by atoms with Gasteiger partial charge in [0.2, 0.25) is 6.29 Å². The maximum atomic E-state index is 11.9. The molecule has 1 unspecified atom stereocenters. The molecule has 3 N–H and O–H groups in total. The molecule has 1 aromatic rings. The molecule has 0 bridgehead atoms. The second kappa shape index (κ2) is 10.1. The Bertz CT molecular complexity index is 602. The molecule has 2 atom stereocenters. The van der Waals surface area contributed by atoms with Crippen LogP contribution in [0.1, 0.15) is 39.2 Å². The van der Waals surface area contributed by atoms with Crippen molar-refractivity contribution in [3.63, 3.8) is 0 Å². The number of ether oxygens (including phenoxy) is 2. The lowest BCUT2D eigenvalue weighted by atomic mass is 9.97. The molecule has 0 aliphatic carbocycles. The molecule has 0 saturated heterocycles. The second-order valence-electron chi connectivity index (χ2n) is 6.81. The van der Waals surface area contributed by atoms with E-state index in [1.54, 1.807) is 45.0 Å². The van der Waals surface area contributed by atoms with Gasteiger partial charge < -0.3 is 24.6 Å². The van der Waals surface area contributed by atoms with E-state index in [1.807, 2.05) is 0 Å². The summed E-state index contributed by atoms with van der Waals surface area (Å²) in [5, 5.41) is 3.11. The standard InChI is InChI=1S/C17H25ClNO6P/c1-11(24-15(20)17(2,3)4)25-16(21)19-9-13(10-26(22)23)12-5-7-14(18)8-6-12/h5-8,11,13,22-23H,9-10H2,1-4H3,(H,19,21)/t11?,13-/m0/s1. The zero-order valence-electron chi connectivity index (χ0n) is 15.2. The van der Waals surface area contributed by atoms with Crippen molar-refractivity contribution in [3.05, 3.63) is 34.9 Å². The third-order valence-electron chi connectivity index (χ3n) is 3.38. The topological polar surface area (TPSA) is 105 Å². The molecular formula is C17H25ClNO6P. The van der Waals surface area contributed by atoms with Crippen LogP contribution in [0.15, 0.2) is 24.3 Å². The molecule has 26 heavy (non-hydrogen) atoms. The molecule has 0 aromatic heterocycles. The maximum absolute atomic E-state index is 11.9. The lowest BCUT2D eigenvalue weighted by Crippen LogP contribution is -2.35. The summed E-state index contributed by atoms with van der Waals surface area (Å²) in [6, 6.07) is 6.89. The molecule has 0 heterocycles. The molecule has 9 heteroatoms. The monoisotopic (exact) mass is 405 g/mol. The minimum Gasteiger partial charge on any atom is -0.425 e. The molecule has 1 amide bonds. The van der Waals surface area contributed by atoms with Crippen LogP contribution in [0.4, 0.5) is 4.79 Å². The SMILES string of the molecule is CC(OC(=O)NC[C@@H](CP(O)O)c1ccc(Cl)cc1)OC(=O)C(C)(C)C. The summed E-state index contributed by atoms with van der Waals surface area (Å²) in [6.07, 6.45) is -1.71. The van der Waals surface area contributed by atoms with Gasteiger partial charge >= 0.3 is 12.1 Å². The summed E-state index contributed by atoms with van der Waals surface area (Å²) in [5.74, 6) is -0.809. The number of carbonyl (C=O) groups excluding carboxylic acids is 2. The van der Waals surface area contributed by atoms with E-state index in [4.69, 9.17) is 21.1 Å². The Hall–Kier alpha value is -1.40. The van der Waals surface area contributed by atoms with Crippen LogP contribution in [0.2, 0.25) is 5.02 Å². The van der Waals surface area contributed by atoms with Crippen molar-refractivity contribution in [1.29, 1.82) is 0 Å². The van der Waals surface area contributed by atoms with Crippen molar-refractivity contribution >= 4 is 32.0 Å². The Morgan fingerprint density at radius 3 is 2.27 bits per heavy atom. The number of esters is 1. The maximum Gasteiger partial charge on any atom is 0.410 e. The van der Waals surface area contributed by atoms with Crippen LogP contribution in [0, 0.1) is 5.41 Å². The zero-order valence-corrected chi connectivity index (χ0v) is 16.9. The van der Waals surface area contributed by atoms with Crippen molar-refractivity contribution in [2.45, 2.75) is 39.9 Å². The smallest absolute Gasteiger partial charge is 0.410 e. The minimum absolute atomic E-state index is 0.0891. The van der Waals surface area contributed by atoms with Gasteiger partial charge in [-0.1, -0.05) is 23.7 Å². The lowest BCUT2D eigenvalue weighted by molar-refractivity contribution is -0.174. The summed E-state index contributed by atoms with van der Waals surface area (Å²) in [7, 11) is -2.14. The number of carbonyl (C=O) groups is 2. The predicted octanol–water partition coefficient (Wildman–Crippen LogP) is 3.38. The molecule has 0 fully saturated rings. The van der Waals surface area contributed by atoms with Crippen LogP contribution in [-0.2, 0) is 14.3 Å². The van der Waals surface area contributed by atoms with E-state index in [2.05, 4.69) is 5.32 Å². The van der Waals surface area contributed by atoms with E-state index in [9.17, 15) is 19.4 Å². The first-order valence-corrected chi connectivity index (χ1v) is 9.86. The number of hydrogen-bond donors (Lipinski definition) is 3. The summed E-state index contributed by atoms with van der Waals surface area (Å²) >= 11 is 5.85. The molecule has 0 radical (unpaired) electrons. The van der Waals surface area contributed by atoms with Crippen LogP contribution in [0.3, 0.4) is 0 Å². The van der Waals surface area contributed by atoms with Crippen LogP contribution in [0.25, 0.3) is 0 Å². The van der Waals surface area contributed by atoms with Crippen molar-refractivity contribution in [1.82, 2.24) is 5.32 Å². The van der Waals surface area contributed by atoms with Gasteiger partial charge in [-0.25, -0.2) is 4.79 Å². The van der Waals surface area contributed by atoms with Crippen molar-refractivity contribution in [2.24, 2.45) is 5.41 Å². The van der Waals surface area contributed by atoms with Gasteiger partial charge in [-0.15, -0.1) is 0 Å². The number of hydrogen-bond acceptors (Lipinski definition) is 6. The second-order valence-corrected chi connectivity index (χ2v) is 8.36. The third-order valence-corrected chi connectivity index (χ3v) is 4.40. The molecular weight excluding hydrogens is 381 g/mol. The first kappa shape index (κ1) is 22.6. The number of rotatable bonds is 7. The van der Waals surface area contributed by atoms with Gasteiger partial charge in [-0.2, -0.15) is 0 Å². The fraction of sp³-hybridized carbons (Fsp3) is 0.529. The van der Waals surface area contributed by atoms with E-state index in [0.717, 1.165) is 5.56 Å². The minimum atomic E-state index is -2.14. The fourth-order valence-corrected chi connectivity index (χ4v) is 2.83. The predicted molar refractivity (Wildman–Crippen MR) is 99.9 cm³/mol. The first-order valence-electron chi connectivity index (χ1n) is 8.05. The zero-order chi connectivity index (χ0) is 19.9. The van der Waals surface area contributed by atoms with Crippen molar-refractivity contribution < 1.29 is 28.8 Å². The molecule has 1 aromatic carbocycles. The molecule has 0 spiro atoms. The van der Waals surface area contributed by atoms with E-state index in [-0.39, 0.29) is 18.6 Å². The number of benzene rings is 1. The van der Waals surface area contributed by atoms with E-state index in [0.29, 0.717) is 5.02 Å². The highest BCUT2D eigenvalue weighted by Crippen LogP contribution is 2.32. The Labute approximate surface area is 159 Å². The number of alkyl carbamates (subject to hydrolysis) is 1. The fourth-order valence-electron chi connectivity index (χ4n) is 1.97. The average molecular weight is 406 g/mol. The number of amides is 1. The quantitative estimate of drug-likeness (QED) is 0.365. The van der Waals surface area contributed by atoms with E-state index in [1.165, 1.54) is 6.92 Å². The summed E-state index contributed by atoms with van der Waals surface area (Å²) < 4.78 is 10.0. The third kappa shape index (κ3) is 8.32. The van der Waals surface area contributed by atoms with E-state index >= 15 is 0 Å². The van der Waals surface area contributed by atoms with Crippen molar-refractivity contribution in [2.75, 3.05) is 12.7 Å². The number of halogens is 1. The summed E-state index contributed by atoms with van der Waals surface area (Å²) in [5.41, 5.74) is 0.102. The summed E-state index contributed by atoms with van der Waals surface area (Å²) in [6.45, 7) is 6.66. The highest BCUT2D eigenvalue weighted by molar-refractivity contribution is 7.45. The van der Waals surface area contributed by atoms with Crippen LogP contribution < -0.4 is 5.32 Å². The highest BCUT2D eigenvalue weighted by atomic mass is 35.5. The van der Waals surface area contributed by atoms with Crippen LogP contribution >= 0.6 is 20.0 Å². The molecule has 1 rings (SSSR count). The molecule has 0 aliphatic rings. The van der Waals surface area contributed by atoms with E-state index < -0.39 is 32.1 Å². The summed E-state index contributed by atoms with van der Waals surface area (Å²) in [4.78, 5) is 42.3. The normalized spacial score (nSPS) is 13.8. The molecule has 0 aliphatic heterocycles. The molecule has 7 nitrogen and oxygen atoms in total. The average Bonchev–Trinajstić information content (AvgIpc) is 2.50.